The number of thiazole rings is 1. The number of nitrogens with two attached hydrogens (primary N) is 1. The van der Waals surface area contributed by atoms with Crippen LogP contribution in [0.1, 0.15) is 27.3 Å². The van der Waals surface area contributed by atoms with Gasteiger partial charge in [-0.25, -0.2) is 9.37 Å². The molecule has 3 N–H and O–H groups in total. The van der Waals surface area contributed by atoms with Crippen molar-refractivity contribution in [2.75, 3.05) is 5.32 Å². The molecule has 1 aromatic heterocycles. The average Bonchev–Trinajstić information content (AvgIpc) is 2.78. The van der Waals surface area contributed by atoms with E-state index in [-0.39, 0.29) is 29.9 Å². The Balaban J connectivity index is 0.00000176. The van der Waals surface area contributed by atoms with Gasteiger partial charge in [-0.3, -0.25) is 10.1 Å². The molecular formula is C14H14BrClFN3OS. The number of fused-ring (bicyclic) bond motifs is 1. The minimum atomic E-state index is -0.459. The van der Waals surface area contributed by atoms with Crippen LogP contribution in [0.2, 0.25) is 0 Å². The average molecular weight is 407 g/mol. The monoisotopic (exact) mass is 405 g/mol. The van der Waals surface area contributed by atoms with Crippen molar-refractivity contribution in [2.24, 2.45) is 5.73 Å². The number of hydrogen-bond acceptors (Lipinski definition) is 4. The summed E-state index contributed by atoms with van der Waals surface area (Å²) in [5, 5.41) is 3.27. The molecule has 1 atom stereocenters. The molecule has 8 heteroatoms. The summed E-state index contributed by atoms with van der Waals surface area (Å²) in [6.07, 6.45) is 2.56. The van der Waals surface area contributed by atoms with Crippen molar-refractivity contribution in [2.45, 2.75) is 25.3 Å². The van der Waals surface area contributed by atoms with Crippen LogP contribution in [-0.2, 0) is 12.8 Å². The van der Waals surface area contributed by atoms with E-state index in [4.69, 9.17) is 5.73 Å². The molecule has 1 aliphatic rings. The summed E-state index contributed by atoms with van der Waals surface area (Å²) in [7, 11) is 0. The number of anilines is 1. The van der Waals surface area contributed by atoms with Crippen LogP contribution >= 0.6 is 39.7 Å². The normalized spacial score (nSPS) is 16.6. The number of halogens is 3. The van der Waals surface area contributed by atoms with Crippen molar-refractivity contribution < 1.29 is 9.18 Å². The fourth-order valence-electron chi connectivity index (χ4n) is 2.31. The van der Waals surface area contributed by atoms with Gasteiger partial charge < -0.3 is 5.73 Å². The molecule has 118 valence electrons. The molecule has 22 heavy (non-hydrogen) atoms. The van der Waals surface area contributed by atoms with Crippen LogP contribution < -0.4 is 11.1 Å². The SMILES string of the molecule is Cl.N[C@H]1CCc2nc(NC(=O)c3cc(F)cc(Br)c3)sc2C1. The summed E-state index contributed by atoms with van der Waals surface area (Å²) in [5.41, 5.74) is 7.20. The van der Waals surface area contributed by atoms with E-state index >= 15 is 0 Å². The highest BCUT2D eigenvalue weighted by Crippen LogP contribution is 2.29. The van der Waals surface area contributed by atoms with Gasteiger partial charge in [0.1, 0.15) is 5.82 Å². The van der Waals surface area contributed by atoms with E-state index in [0.29, 0.717) is 9.60 Å². The van der Waals surface area contributed by atoms with Crippen LogP contribution in [0.5, 0.6) is 0 Å². The molecule has 0 fully saturated rings. The molecule has 0 saturated heterocycles. The van der Waals surface area contributed by atoms with E-state index in [1.165, 1.54) is 23.5 Å². The predicted octanol–water partition coefficient (Wildman–Crippen LogP) is 3.53. The number of rotatable bonds is 2. The largest absolute Gasteiger partial charge is 0.327 e. The van der Waals surface area contributed by atoms with Crippen LogP contribution in [0, 0.1) is 5.82 Å². The van der Waals surface area contributed by atoms with E-state index in [9.17, 15) is 9.18 Å². The van der Waals surface area contributed by atoms with Gasteiger partial charge in [-0.2, -0.15) is 0 Å². The fraction of sp³-hybridized carbons (Fsp3) is 0.286. The molecule has 1 amide bonds. The van der Waals surface area contributed by atoms with Gasteiger partial charge in [0, 0.05) is 21.0 Å². The van der Waals surface area contributed by atoms with E-state index in [1.54, 1.807) is 6.07 Å². The summed E-state index contributed by atoms with van der Waals surface area (Å²) in [4.78, 5) is 17.7. The standard InChI is InChI=1S/C14H13BrFN3OS.ClH/c15-8-3-7(4-9(16)5-8)13(20)19-14-18-11-2-1-10(17)6-12(11)21-14;/h3-5,10H,1-2,6,17H2,(H,18,19,20);1H/t10-;/m0./s1. The first kappa shape index (κ1) is 17.3. The topological polar surface area (TPSA) is 68.0 Å². The van der Waals surface area contributed by atoms with Gasteiger partial charge in [0.15, 0.2) is 5.13 Å². The zero-order valence-electron chi connectivity index (χ0n) is 11.4. The highest BCUT2D eigenvalue weighted by Gasteiger charge is 2.21. The van der Waals surface area contributed by atoms with E-state index in [2.05, 4.69) is 26.2 Å². The predicted molar refractivity (Wildman–Crippen MR) is 91.4 cm³/mol. The molecule has 1 aromatic carbocycles. The lowest BCUT2D eigenvalue weighted by Crippen LogP contribution is -2.27. The van der Waals surface area contributed by atoms with Crippen LogP contribution in [0.4, 0.5) is 9.52 Å². The highest BCUT2D eigenvalue weighted by atomic mass is 79.9. The van der Waals surface area contributed by atoms with Gasteiger partial charge in [0.2, 0.25) is 0 Å². The molecular weight excluding hydrogens is 393 g/mol. The lowest BCUT2D eigenvalue weighted by atomic mass is 9.99. The quantitative estimate of drug-likeness (QED) is 0.801. The van der Waals surface area contributed by atoms with Gasteiger partial charge >= 0.3 is 0 Å². The summed E-state index contributed by atoms with van der Waals surface area (Å²) < 4.78 is 13.8. The summed E-state index contributed by atoms with van der Waals surface area (Å²) in [6, 6.07) is 4.24. The Morgan fingerprint density at radius 2 is 2.23 bits per heavy atom. The van der Waals surface area contributed by atoms with Crippen molar-refractivity contribution in [3.05, 3.63) is 44.6 Å². The molecule has 0 spiro atoms. The van der Waals surface area contributed by atoms with E-state index in [1.807, 2.05) is 0 Å². The second kappa shape index (κ2) is 7.04. The maximum absolute atomic E-state index is 13.3. The van der Waals surface area contributed by atoms with Gasteiger partial charge in [-0.05, 0) is 37.5 Å². The lowest BCUT2D eigenvalue weighted by molar-refractivity contribution is 0.102. The molecule has 0 aliphatic heterocycles. The van der Waals surface area contributed by atoms with Crippen molar-refractivity contribution in [1.29, 1.82) is 0 Å². The van der Waals surface area contributed by atoms with Crippen LogP contribution in [0.3, 0.4) is 0 Å². The first-order valence-corrected chi connectivity index (χ1v) is 8.14. The van der Waals surface area contributed by atoms with Gasteiger partial charge in [-0.15, -0.1) is 23.7 Å². The lowest BCUT2D eigenvalue weighted by Gasteiger charge is -2.15. The summed E-state index contributed by atoms with van der Waals surface area (Å²) >= 11 is 4.61. The summed E-state index contributed by atoms with van der Waals surface area (Å²) in [6.45, 7) is 0. The molecule has 0 saturated carbocycles. The maximum atomic E-state index is 13.3. The summed E-state index contributed by atoms with van der Waals surface area (Å²) in [5.74, 6) is -0.829. The number of amides is 1. The Kier molecular flexibility index (Phi) is 5.55. The Bertz CT molecular complexity index is 689. The van der Waals surface area contributed by atoms with Crippen LogP contribution in [0.15, 0.2) is 22.7 Å². The molecule has 1 aliphatic carbocycles. The Morgan fingerprint density at radius 3 is 2.95 bits per heavy atom. The van der Waals surface area contributed by atoms with E-state index in [0.717, 1.165) is 29.8 Å². The number of nitrogens with one attached hydrogen (secondary N) is 1. The number of benzene rings is 1. The third-order valence-electron chi connectivity index (χ3n) is 3.32. The van der Waals surface area contributed by atoms with E-state index < -0.39 is 5.82 Å². The molecule has 0 bridgehead atoms. The van der Waals surface area contributed by atoms with Gasteiger partial charge in [0.25, 0.3) is 5.91 Å². The fourth-order valence-corrected chi connectivity index (χ4v) is 3.87. The molecule has 4 nitrogen and oxygen atoms in total. The number of carbonyl (C=O) groups is 1. The Labute approximate surface area is 145 Å². The molecule has 0 unspecified atom stereocenters. The van der Waals surface area contributed by atoms with Crippen molar-refractivity contribution in [3.63, 3.8) is 0 Å². The third-order valence-corrected chi connectivity index (χ3v) is 4.82. The minimum Gasteiger partial charge on any atom is -0.327 e. The van der Waals surface area contributed by atoms with Gasteiger partial charge in [-0.1, -0.05) is 15.9 Å². The highest BCUT2D eigenvalue weighted by molar-refractivity contribution is 9.10. The zero-order chi connectivity index (χ0) is 15.0. The van der Waals surface area contributed by atoms with Crippen molar-refractivity contribution in [1.82, 2.24) is 4.98 Å². The van der Waals surface area contributed by atoms with Crippen LogP contribution in [0.25, 0.3) is 0 Å². The maximum Gasteiger partial charge on any atom is 0.257 e. The molecule has 0 radical (unpaired) electrons. The first-order chi connectivity index (χ1) is 10.0. The zero-order valence-corrected chi connectivity index (χ0v) is 14.7. The molecule has 1 heterocycles. The second-order valence-electron chi connectivity index (χ2n) is 5.00. The van der Waals surface area contributed by atoms with Gasteiger partial charge in [0.05, 0.1) is 5.69 Å². The van der Waals surface area contributed by atoms with Crippen molar-refractivity contribution >= 4 is 50.7 Å². The minimum absolute atomic E-state index is 0. The molecule has 2 aromatic rings. The number of hydrogen-bond donors (Lipinski definition) is 2. The Hall–Kier alpha value is -1.02. The number of nitrogens with zero attached hydrogens (tertiary/aromatic N) is 1. The third kappa shape index (κ3) is 3.84. The number of aryl methyl sites for hydroxylation is 1. The first-order valence-electron chi connectivity index (χ1n) is 6.53. The molecule has 3 rings (SSSR count). The van der Waals surface area contributed by atoms with Crippen LogP contribution in [-0.4, -0.2) is 16.9 Å². The van der Waals surface area contributed by atoms with Crippen molar-refractivity contribution in [3.8, 4) is 0 Å². The smallest absolute Gasteiger partial charge is 0.257 e. The number of aromatic nitrogens is 1. The second-order valence-corrected chi connectivity index (χ2v) is 7.00. The number of carbonyl (C=O) groups excluding carboxylic acids is 1. The Morgan fingerprint density at radius 1 is 1.45 bits per heavy atom.